The predicted molar refractivity (Wildman–Crippen MR) is 131 cm³/mol. The highest BCUT2D eigenvalue weighted by Crippen LogP contribution is 2.23. The molecule has 4 heterocycles. The van der Waals surface area contributed by atoms with Crippen molar-refractivity contribution < 1.29 is 18.0 Å². The smallest absolute Gasteiger partial charge is 0.342 e. The van der Waals surface area contributed by atoms with Gasteiger partial charge in [0.2, 0.25) is 5.91 Å². The van der Waals surface area contributed by atoms with E-state index in [0.29, 0.717) is 37.4 Å². The number of hydrogen-bond donors (Lipinski definition) is 1. The molecule has 0 unspecified atom stereocenters. The van der Waals surface area contributed by atoms with Crippen molar-refractivity contribution in [3.63, 3.8) is 0 Å². The Morgan fingerprint density at radius 1 is 1.05 bits per heavy atom. The lowest BCUT2D eigenvalue weighted by atomic mass is 10.1. The highest BCUT2D eigenvalue weighted by molar-refractivity contribution is 5.81. The first-order valence-corrected chi connectivity index (χ1v) is 12.0. The van der Waals surface area contributed by atoms with E-state index in [2.05, 4.69) is 29.8 Å². The molecule has 3 aromatic heterocycles. The first kappa shape index (κ1) is 25.3. The van der Waals surface area contributed by atoms with Gasteiger partial charge in [-0.2, -0.15) is 18.4 Å². The number of aromatic nitrogens is 5. The number of carbonyl (C=O) groups excluding carboxylic acids is 1. The second-order valence-corrected chi connectivity index (χ2v) is 9.10. The van der Waals surface area contributed by atoms with Gasteiger partial charge in [0, 0.05) is 62.7 Å². The number of amides is 1. The Balaban J connectivity index is 1.22. The minimum absolute atomic E-state index is 0.278. The summed E-state index contributed by atoms with van der Waals surface area (Å²) in [5.41, 5.74) is 5.27. The van der Waals surface area contributed by atoms with Crippen molar-refractivity contribution in [2.24, 2.45) is 0 Å². The largest absolute Gasteiger partial charge is 0.397 e. The van der Waals surface area contributed by atoms with Gasteiger partial charge in [0.05, 0.1) is 16.7 Å². The fourth-order valence-electron chi connectivity index (χ4n) is 4.47. The van der Waals surface area contributed by atoms with Crippen LogP contribution in [-0.2, 0) is 17.8 Å². The van der Waals surface area contributed by atoms with E-state index in [9.17, 15) is 18.0 Å². The number of nitrogens with zero attached hydrogens (tertiary/aromatic N) is 7. The minimum Gasteiger partial charge on any atom is -0.342 e. The molecule has 1 aliphatic rings. The number of hydrogen-bond acceptors (Lipinski definition) is 7. The number of pyridine rings is 1. The molecule has 4 aromatic rings. The average Bonchev–Trinajstić information content (AvgIpc) is 3.30. The van der Waals surface area contributed by atoms with E-state index in [-0.39, 0.29) is 13.1 Å². The molecule has 1 aromatic carbocycles. The van der Waals surface area contributed by atoms with Crippen LogP contribution < -0.4 is 0 Å². The summed E-state index contributed by atoms with van der Waals surface area (Å²) in [6.07, 6.45) is -2.31. The second kappa shape index (κ2) is 10.5. The molecule has 9 nitrogen and oxygen atoms in total. The van der Waals surface area contributed by atoms with E-state index in [1.165, 1.54) is 11.2 Å². The number of aromatic amines is 1. The van der Waals surface area contributed by atoms with E-state index in [1.54, 1.807) is 12.3 Å². The Morgan fingerprint density at radius 3 is 2.63 bits per heavy atom. The lowest BCUT2D eigenvalue weighted by Gasteiger charge is -2.35. The molecule has 0 saturated carbocycles. The van der Waals surface area contributed by atoms with Crippen LogP contribution in [0.2, 0.25) is 0 Å². The highest BCUT2D eigenvalue weighted by Gasteiger charge is 2.34. The molecule has 38 heavy (non-hydrogen) atoms. The third-order valence-corrected chi connectivity index (χ3v) is 6.32. The van der Waals surface area contributed by atoms with E-state index >= 15 is 0 Å². The Bertz CT molecular complexity index is 1500. The lowest BCUT2D eigenvalue weighted by molar-refractivity contribution is -0.162. The van der Waals surface area contributed by atoms with Crippen molar-refractivity contribution >= 4 is 16.9 Å². The van der Waals surface area contributed by atoms with Gasteiger partial charge in [-0.05, 0) is 29.8 Å². The number of alkyl halides is 3. The van der Waals surface area contributed by atoms with Crippen LogP contribution in [0.1, 0.15) is 29.2 Å². The highest BCUT2D eigenvalue weighted by atomic mass is 19.4. The molecule has 1 amide bonds. The van der Waals surface area contributed by atoms with Gasteiger partial charge in [-0.3, -0.25) is 14.7 Å². The molecular formula is C26H23F3N8O. The molecule has 1 aliphatic heterocycles. The third-order valence-electron chi connectivity index (χ3n) is 6.32. The van der Waals surface area contributed by atoms with Crippen molar-refractivity contribution in [2.75, 3.05) is 26.2 Å². The molecule has 0 bridgehead atoms. The first-order valence-electron chi connectivity index (χ1n) is 12.0. The summed E-state index contributed by atoms with van der Waals surface area (Å²) < 4.78 is 37.5. The molecule has 1 N–H and O–H groups in total. The van der Waals surface area contributed by atoms with Gasteiger partial charge < -0.3 is 9.88 Å². The maximum Gasteiger partial charge on any atom is 0.397 e. The number of nitriles is 1. The van der Waals surface area contributed by atoms with Crippen LogP contribution in [0.15, 0.2) is 48.9 Å². The summed E-state index contributed by atoms with van der Waals surface area (Å²) in [6.45, 7) is 2.19. The number of benzene rings is 1. The van der Waals surface area contributed by atoms with Crippen molar-refractivity contribution in [3.05, 3.63) is 71.7 Å². The van der Waals surface area contributed by atoms with Crippen molar-refractivity contribution in [1.82, 2.24) is 34.7 Å². The molecule has 5 rings (SSSR count). The summed E-state index contributed by atoms with van der Waals surface area (Å²) in [4.78, 5) is 35.8. The van der Waals surface area contributed by atoms with Crippen LogP contribution in [0, 0.1) is 11.3 Å². The zero-order chi connectivity index (χ0) is 26.7. The van der Waals surface area contributed by atoms with Crippen LogP contribution in [0.5, 0.6) is 0 Å². The number of H-pyrrole nitrogens is 1. The van der Waals surface area contributed by atoms with Crippen molar-refractivity contribution in [3.8, 4) is 17.3 Å². The summed E-state index contributed by atoms with van der Waals surface area (Å²) in [7, 11) is 0. The van der Waals surface area contributed by atoms with Gasteiger partial charge in [-0.15, -0.1) is 0 Å². The van der Waals surface area contributed by atoms with Crippen LogP contribution in [0.3, 0.4) is 0 Å². The fraction of sp³-hybridized carbons (Fsp3) is 0.308. The summed E-state index contributed by atoms with van der Waals surface area (Å²) in [5.74, 6) is -0.121. The van der Waals surface area contributed by atoms with E-state index < -0.39 is 18.5 Å². The standard InChI is InChI=1S/C26H23F3N8O/c27-26(28,29)13-25(38)37-7-5-36(6-8-37)15-17-3-4-31-19(9-17)12-24-34-21-2-1-18(10-23(21)35-24)22-11-20(14-30)32-16-33-22/h1-4,9-11,16H,5-8,12-13,15H2,(H,34,35). The van der Waals surface area contributed by atoms with Crippen LogP contribution >= 0.6 is 0 Å². The average molecular weight is 521 g/mol. The molecule has 0 spiro atoms. The van der Waals surface area contributed by atoms with E-state index in [1.807, 2.05) is 36.4 Å². The van der Waals surface area contributed by atoms with Gasteiger partial charge in [-0.1, -0.05) is 6.07 Å². The van der Waals surface area contributed by atoms with Gasteiger partial charge >= 0.3 is 6.18 Å². The van der Waals surface area contributed by atoms with E-state index in [4.69, 9.17) is 5.26 Å². The van der Waals surface area contributed by atoms with Crippen molar-refractivity contribution in [2.45, 2.75) is 25.6 Å². The van der Waals surface area contributed by atoms with Gasteiger partial charge in [-0.25, -0.2) is 15.0 Å². The predicted octanol–water partition coefficient (Wildman–Crippen LogP) is 3.47. The summed E-state index contributed by atoms with van der Waals surface area (Å²) in [6, 6.07) is 13.3. The number of fused-ring (bicyclic) bond motifs is 1. The molecule has 0 atom stereocenters. The van der Waals surface area contributed by atoms with Crippen molar-refractivity contribution in [1.29, 1.82) is 5.26 Å². The van der Waals surface area contributed by atoms with Crippen LogP contribution in [0.25, 0.3) is 22.3 Å². The van der Waals surface area contributed by atoms with E-state index in [0.717, 1.165) is 33.7 Å². The molecule has 0 aliphatic carbocycles. The zero-order valence-electron chi connectivity index (χ0n) is 20.2. The molecule has 1 saturated heterocycles. The quantitative estimate of drug-likeness (QED) is 0.414. The van der Waals surface area contributed by atoms with Gasteiger partial charge in [0.25, 0.3) is 0 Å². The Morgan fingerprint density at radius 2 is 1.87 bits per heavy atom. The first-order chi connectivity index (χ1) is 18.3. The molecule has 12 heteroatoms. The summed E-state index contributed by atoms with van der Waals surface area (Å²) in [5, 5.41) is 9.09. The maximum absolute atomic E-state index is 12.5. The second-order valence-electron chi connectivity index (χ2n) is 9.10. The molecule has 0 radical (unpaired) electrons. The number of piperazine rings is 1. The molecule has 194 valence electrons. The SMILES string of the molecule is N#Cc1cc(-c2ccc3nc(Cc4cc(CN5CCN(C(=O)CC(F)(F)F)CC5)ccn4)[nH]c3c2)ncn1. The number of imidazole rings is 1. The monoisotopic (exact) mass is 520 g/mol. The summed E-state index contributed by atoms with van der Waals surface area (Å²) >= 11 is 0. The Hall–Kier alpha value is -4.37. The molecular weight excluding hydrogens is 497 g/mol. The van der Waals surface area contributed by atoms with Crippen LogP contribution in [0.4, 0.5) is 13.2 Å². The molecule has 1 fully saturated rings. The number of rotatable bonds is 6. The Labute approximate surface area is 216 Å². The third kappa shape index (κ3) is 6.12. The number of nitrogens with one attached hydrogen (secondary N) is 1. The Kier molecular flexibility index (Phi) is 7.02. The number of carbonyl (C=O) groups is 1. The number of halogens is 3. The zero-order valence-corrected chi connectivity index (χ0v) is 20.2. The van der Waals surface area contributed by atoms with Crippen LogP contribution in [-0.4, -0.2) is 73.0 Å². The van der Waals surface area contributed by atoms with Gasteiger partial charge in [0.15, 0.2) is 0 Å². The fourth-order valence-corrected chi connectivity index (χ4v) is 4.47. The topological polar surface area (TPSA) is 115 Å². The minimum atomic E-state index is -4.48. The lowest BCUT2D eigenvalue weighted by Crippen LogP contribution is -2.49. The normalized spacial score (nSPS) is 14.5. The maximum atomic E-state index is 12.5. The van der Waals surface area contributed by atoms with Gasteiger partial charge in [0.1, 0.15) is 30.3 Å².